The molecule has 0 spiro atoms. The number of hydrogen-bond donors (Lipinski definition) is 2. The molecular formula is C39H37N5O8S. The van der Waals surface area contributed by atoms with Crippen LogP contribution < -0.4 is 10.6 Å². The van der Waals surface area contributed by atoms with Crippen molar-refractivity contribution in [3.63, 3.8) is 0 Å². The Morgan fingerprint density at radius 2 is 1.26 bits per heavy atom. The van der Waals surface area contributed by atoms with E-state index < -0.39 is 33.8 Å². The van der Waals surface area contributed by atoms with Crippen LogP contribution in [-0.4, -0.2) is 73.6 Å². The number of carbonyl (C=O) groups is 4. The number of para-hydroxylation sites is 1. The molecule has 53 heavy (non-hydrogen) atoms. The van der Waals surface area contributed by atoms with Crippen LogP contribution in [0, 0.1) is 0 Å². The number of ether oxygens (including phenoxy) is 2. The normalized spacial score (nSPS) is 11.0. The van der Waals surface area contributed by atoms with E-state index in [2.05, 4.69) is 10.6 Å². The Kier molecular flexibility index (Phi) is 12.0. The van der Waals surface area contributed by atoms with Gasteiger partial charge in [-0.3, -0.25) is 9.59 Å². The zero-order chi connectivity index (χ0) is 38.1. The lowest BCUT2D eigenvalue weighted by atomic mass is 10.0. The van der Waals surface area contributed by atoms with Crippen LogP contribution in [0.25, 0.3) is 23.0 Å². The maximum atomic E-state index is 14.0. The molecule has 0 saturated carbocycles. The van der Waals surface area contributed by atoms with Crippen molar-refractivity contribution in [3.8, 4) is 16.9 Å². The molecule has 0 aliphatic rings. The third-order valence-electron chi connectivity index (χ3n) is 7.75. The van der Waals surface area contributed by atoms with Gasteiger partial charge in [-0.05, 0) is 92.7 Å². The molecule has 0 unspecified atom stereocenters. The number of sulfonamides is 1. The molecule has 0 aliphatic carbocycles. The summed E-state index contributed by atoms with van der Waals surface area (Å²) in [6.45, 7) is 3.78. The first-order chi connectivity index (χ1) is 25.4. The molecule has 0 atom stereocenters. The van der Waals surface area contributed by atoms with Gasteiger partial charge in [0.05, 0.1) is 34.9 Å². The molecule has 2 N–H and O–H groups in total. The summed E-state index contributed by atoms with van der Waals surface area (Å²) in [5, 5.41) is 10.2. The van der Waals surface area contributed by atoms with Crippen LogP contribution in [0.5, 0.6) is 0 Å². The van der Waals surface area contributed by atoms with E-state index in [0.717, 1.165) is 4.31 Å². The van der Waals surface area contributed by atoms with Gasteiger partial charge in [0.25, 0.3) is 11.8 Å². The van der Waals surface area contributed by atoms with E-state index in [4.69, 9.17) is 14.6 Å². The summed E-state index contributed by atoms with van der Waals surface area (Å²) in [6, 6.07) is 27.3. The molecule has 1 aromatic heterocycles. The highest BCUT2D eigenvalue weighted by atomic mass is 32.2. The van der Waals surface area contributed by atoms with E-state index in [1.54, 1.807) is 36.9 Å². The summed E-state index contributed by atoms with van der Waals surface area (Å²) in [4.78, 5) is 52.3. The summed E-state index contributed by atoms with van der Waals surface area (Å²) >= 11 is 0. The highest BCUT2D eigenvalue weighted by Crippen LogP contribution is 2.29. The lowest BCUT2D eigenvalue weighted by Crippen LogP contribution is -2.25. The second kappa shape index (κ2) is 16.8. The van der Waals surface area contributed by atoms with Crippen LogP contribution in [0.2, 0.25) is 0 Å². The number of amides is 2. The zero-order valence-corrected chi connectivity index (χ0v) is 30.2. The van der Waals surface area contributed by atoms with Crippen LogP contribution in [0.3, 0.4) is 0 Å². The summed E-state index contributed by atoms with van der Waals surface area (Å²) in [5.41, 5.74) is 2.51. The number of anilines is 2. The van der Waals surface area contributed by atoms with Crippen LogP contribution in [0.15, 0.2) is 120 Å². The molecule has 0 radical (unpaired) electrons. The van der Waals surface area contributed by atoms with Crippen LogP contribution in [-0.2, 0) is 29.1 Å². The van der Waals surface area contributed by atoms with Crippen molar-refractivity contribution in [3.05, 3.63) is 132 Å². The van der Waals surface area contributed by atoms with Crippen LogP contribution in [0.4, 0.5) is 11.4 Å². The number of rotatable bonds is 13. The topological polar surface area (TPSA) is 166 Å². The van der Waals surface area contributed by atoms with Gasteiger partial charge in [0.2, 0.25) is 10.0 Å². The van der Waals surface area contributed by atoms with Crippen molar-refractivity contribution < 1.29 is 37.1 Å². The van der Waals surface area contributed by atoms with E-state index >= 15 is 0 Å². The second-order valence-corrected chi connectivity index (χ2v) is 13.7. The van der Waals surface area contributed by atoms with Crippen molar-refractivity contribution in [2.75, 3.05) is 37.9 Å². The average molecular weight is 736 g/mol. The number of nitrogens with one attached hydrogen (secondary N) is 2. The first-order valence-corrected chi connectivity index (χ1v) is 17.9. The zero-order valence-electron chi connectivity index (χ0n) is 29.4. The van der Waals surface area contributed by atoms with Gasteiger partial charge in [0.15, 0.2) is 0 Å². The smallest absolute Gasteiger partial charge is 0.338 e. The van der Waals surface area contributed by atoms with Crippen LogP contribution >= 0.6 is 0 Å². The summed E-state index contributed by atoms with van der Waals surface area (Å²) in [7, 11) is -0.953. The molecule has 0 saturated heterocycles. The van der Waals surface area contributed by atoms with E-state index in [-0.39, 0.29) is 34.8 Å². The Balaban J connectivity index is 1.60. The first kappa shape index (κ1) is 37.9. The molecule has 14 heteroatoms. The maximum Gasteiger partial charge on any atom is 0.338 e. The Bertz CT molecular complexity index is 2190. The lowest BCUT2D eigenvalue weighted by Gasteiger charge is -2.12. The van der Waals surface area contributed by atoms with E-state index in [1.807, 2.05) is 30.3 Å². The molecular weight excluding hydrogens is 699 g/mol. The Hall–Kier alpha value is -6.38. The molecule has 272 valence electrons. The fourth-order valence-electron chi connectivity index (χ4n) is 5.04. The monoisotopic (exact) mass is 735 g/mol. The van der Waals surface area contributed by atoms with Gasteiger partial charge < -0.3 is 20.1 Å². The van der Waals surface area contributed by atoms with E-state index in [0.29, 0.717) is 33.9 Å². The van der Waals surface area contributed by atoms with Crippen molar-refractivity contribution in [2.45, 2.75) is 18.7 Å². The summed E-state index contributed by atoms with van der Waals surface area (Å²) in [6.07, 6.45) is 2.99. The molecule has 4 aromatic carbocycles. The number of aromatic nitrogens is 2. The van der Waals surface area contributed by atoms with E-state index in [9.17, 15) is 27.6 Å². The largest absolute Gasteiger partial charge is 0.462 e. The number of hydrogen-bond acceptors (Lipinski definition) is 9. The highest BCUT2D eigenvalue weighted by Gasteiger charge is 2.24. The fraction of sp³-hybridized carbons (Fsp3) is 0.154. The Morgan fingerprint density at radius 1 is 0.736 bits per heavy atom. The van der Waals surface area contributed by atoms with Gasteiger partial charge in [-0.1, -0.05) is 30.3 Å². The van der Waals surface area contributed by atoms with Gasteiger partial charge in [-0.2, -0.15) is 5.10 Å². The summed E-state index contributed by atoms with van der Waals surface area (Å²) < 4.78 is 38.8. The van der Waals surface area contributed by atoms with Gasteiger partial charge in [0, 0.05) is 42.8 Å². The number of carbonyl (C=O) groups excluding carboxylic acids is 4. The highest BCUT2D eigenvalue weighted by molar-refractivity contribution is 7.89. The second-order valence-electron chi connectivity index (χ2n) is 11.6. The third-order valence-corrected chi connectivity index (χ3v) is 9.56. The third kappa shape index (κ3) is 9.11. The van der Waals surface area contributed by atoms with Crippen molar-refractivity contribution in [1.29, 1.82) is 0 Å². The Morgan fingerprint density at radius 3 is 1.75 bits per heavy atom. The molecule has 5 rings (SSSR count). The standard InChI is InChI=1S/C39H37N5O8S/c1-5-51-38(47)26-15-19-30(20-16-26)40-36(45)34(37(46)41-31-21-17-27(18-22-31)39(48)52-6-2)24-29-25-44(32-12-8-7-9-13-32)42-35(29)28-11-10-14-33(23-28)53(49,50)43(3)4/h7-25H,5-6H2,1-4H3,(H,40,45)(H,41,46). The minimum absolute atomic E-state index is 0.0254. The number of nitrogens with zero attached hydrogens (tertiary/aromatic N) is 3. The quantitative estimate of drug-likeness (QED) is 0.0658. The van der Waals surface area contributed by atoms with Gasteiger partial charge in [0.1, 0.15) is 11.3 Å². The molecule has 1 heterocycles. The fourth-order valence-corrected chi connectivity index (χ4v) is 5.99. The van der Waals surface area contributed by atoms with E-state index in [1.165, 1.54) is 80.8 Å². The maximum absolute atomic E-state index is 14.0. The average Bonchev–Trinajstić information content (AvgIpc) is 3.59. The Labute approximate surface area is 306 Å². The molecule has 5 aromatic rings. The molecule has 0 aliphatic heterocycles. The first-order valence-electron chi connectivity index (χ1n) is 16.5. The predicted octanol–water partition coefficient (Wildman–Crippen LogP) is 5.80. The molecule has 13 nitrogen and oxygen atoms in total. The van der Waals surface area contributed by atoms with Crippen molar-refractivity contribution >= 4 is 51.2 Å². The number of benzene rings is 4. The van der Waals surface area contributed by atoms with Crippen molar-refractivity contribution in [2.24, 2.45) is 0 Å². The lowest BCUT2D eigenvalue weighted by molar-refractivity contribution is -0.118. The molecule has 2 amide bonds. The summed E-state index contributed by atoms with van der Waals surface area (Å²) in [5.74, 6) is -2.64. The molecule has 0 bridgehead atoms. The van der Waals surface area contributed by atoms with Gasteiger partial charge in [-0.25, -0.2) is 27.0 Å². The predicted molar refractivity (Wildman–Crippen MR) is 200 cm³/mol. The molecule has 0 fully saturated rings. The van der Waals surface area contributed by atoms with Crippen molar-refractivity contribution in [1.82, 2.24) is 14.1 Å². The SMILES string of the molecule is CCOC(=O)c1ccc(NC(=O)C(=Cc2cn(-c3ccccc3)nc2-c2cccc(S(=O)(=O)N(C)C)c2)C(=O)Nc2ccc(C(=O)OCC)cc2)cc1. The van der Waals surface area contributed by atoms with Gasteiger partial charge >= 0.3 is 11.9 Å². The van der Waals surface area contributed by atoms with Crippen LogP contribution in [0.1, 0.15) is 40.1 Å². The van der Waals surface area contributed by atoms with Gasteiger partial charge in [-0.15, -0.1) is 0 Å². The minimum Gasteiger partial charge on any atom is -0.462 e. The number of esters is 2. The minimum atomic E-state index is -3.81.